The van der Waals surface area contributed by atoms with E-state index in [1.54, 1.807) is 18.9 Å². The smallest absolute Gasteiger partial charge is 0.230 e. The molecule has 2 aliphatic heterocycles. The third-order valence-electron chi connectivity index (χ3n) is 5.16. The molecule has 1 aromatic heterocycles. The fourth-order valence-corrected chi connectivity index (χ4v) is 3.70. The maximum Gasteiger partial charge on any atom is 0.230 e. The summed E-state index contributed by atoms with van der Waals surface area (Å²) in [7, 11) is 1.64. The molecule has 3 rings (SSSR count). The van der Waals surface area contributed by atoms with Crippen molar-refractivity contribution in [3.05, 3.63) is 11.4 Å². The summed E-state index contributed by atoms with van der Waals surface area (Å²) < 4.78 is 9.74. The van der Waals surface area contributed by atoms with Crippen LogP contribution in [0.3, 0.4) is 0 Å². The Hall–Kier alpha value is -1.96. The number of amides is 2. The van der Waals surface area contributed by atoms with Crippen molar-refractivity contribution >= 4 is 11.8 Å². The standard InChI is InChI=1S/C16H24N4O4/c1-12-13(18-24-17-12)10-14(21)20-7-5-16(11-20)4-3-6-19(15(16)22)8-9-23-2/h3-11H2,1-2H3/t16-/m1/s1. The SMILES string of the molecule is COCCN1CCC[C@]2(CCN(C(=O)Cc3nonc3C)C2)C1=O. The molecule has 0 unspecified atom stereocenters. The second-order valence-electron chi connectivity index (χ2n) is 6.71. The zero-order valence-corrected chi connectivity index (χ0v) is 14.3. The Labute approximate surface area is 141 Å². The summed E-state index contributed by atoms with van der Waals surface area (Å²) >= 11 is 0. The van der Waals surface area contributed by atoms with Crippen LogP contribution in [-0.4, -0.2) is 71.8 Å². The van der Waals surface area contributed by atoms with Crippen LogP contribution in [0.15, 0.2) is 4.63 Å². The third-order valence-corrected chi connectivity index (χ3v) is 5.16. The first-order valence-electron chi connectivity index (χ1n) is 8.40. The quantitative estimate of drug-likeness (QED) is 0.774. The van der Waals surface area contributed by atoms with Crippen molar-refractivity contribution in [3.8, 4) is 0 Å². The molecule has 1 aromatic rings. The minimum absolute atomic E-state index is 0.0208. The van der Waals surface area contributed by atoms with Crippen molar-refractivity contribution in [3.63, 3.8) is 0 Å². The van der Waals surface area contributed by atoms with E-state index in [0.29, 0.717) is 37.6 Å². The first kappa shape index (κ1) is 16.9. The van der Waals surface area contributed by atoms with E-state index < -0.39 is 5.41 Å². The summed E-state index contributed by atoms with van der Waals surface area (Å²) in [5.41, 5.74) is 0.785. The van der Waals surface area contributed by atoms with Crippen LogP contribution in [0.5, 0.6) is 0 Å². The van der Waals surface area contributed by atoms with Crippen molar-refractivity contribution in [2.45, 2.75) is 32.6 Å². The van der Waals surface area contributed by atoms with E-state index in [1.807, 2.05) is 4.90 Å². The van der Waals surface area contributed by atoms with Crippen molar-refractivity contribution < 1.29 is 19.0 Å². The fourth-order valence-electron chi connectivity index (χ4n) is 3.70. The van der Waals surface area contributed by atoms with Gasteiger partial charge in [-0.1, -0.05) is 10.3 Å². The maximum atomic E-state index is 12.9. The molecule has 2 aliphatic rings. The predicted octanol–water partition coefficient (Wildman–Crippen LogP) is 0.408. The summed E-state index contributed by atoms with van der Waals surface area (Å²) in [5, 5.41) is 7.47. The van der Waals surface area contributed by atoms with Crippen LogP contribution in [0, 0.1) is 12.3 Å². The van der Waals surface area contributed by atoms with Crippen LogP contribution in [0.25, 0.3) is 0 Å². The topological polar surface area (TPSA) is 88.8 Å². The number of ether oxygens (including phenoxy) is 1. The summed E-state index contributed by atoms with van der Waals surface area (Å²) in [4.78, 5) is 29.1. The number of rotatable bonds is 5. The molecular formula is C16H24N4O4. The maximum absolute atomic E-state index is 12.9. The van der Waals surface area contributed by atoms with Gasteiger partial charge in [0, 0.05) is 33.3 Å². The molecular weight excluding hydrogens is 312 g/mol. The van der Waals surface area contributed by atoms with E-state index in [0.717, 1.165) is 25.8 Å². The van der Waals surface area contributed by atoms with Crippen molar-refractivity contribution in [1.29, 1.82) is 0 Å². The fraction of sp³-hybridized carbons (Fsp3) is 0.750. The number of piperidine rings is 1. The summed E-state index contributed by atoms with van der Waals surface area (Å²) in [6.07, 6.45) is 2.73. The van der Waals surface area contributed by atoms with Crippen LogP contribution in [0.4, 0.5) is 0 Å². The molecule has 0 aromatic carbocycles. The number of aromatic nitrogens is 2. The number of carbonyl (C=O) groups excluding carboxylic acids is 2. The minimum Gasteiger partial charge on any atom is -0.383 e. The molecule has 0 radical (unpaired) electrons. The van der Waals surface area contributed by atoms with Crippen LogP contribution in [0.2, 0.25) is 0 Å². The Morgan fingerprint density at radius 2 is 2.17 bits per heavy atom. The van der Waals surface area contributed by atoms with Crippen molar-refractivity contribution in [2.24, 2.45) is 5.41 Å². The number of carbonyl (C=O) groups is 2. The van der Waals surface area contributed by atoms with Gasteiger partial charge in [-0.15, -0.1) is 0 Å². The van der Waals surface area contributed by atoms with Gasteiger partial charge >= 0.3 is 0 Å². The Morgan fingerprint density at radius 1 is 1.33 bits per heavy atom. The van der Waals surface area contributed by atoms with Crippen LogP contribution in [0.1, 0.15) is 30.7 Å². The van der Waals surface area contributed by atoms with Gasteiger partial charge in [0.1, 0.15) is 11.4 Å². The van der Waals surface area contributed by atoms with Gasteiger partial charge in [-0.25, -0.2) is 4.63 Å². The molecule has 1 spiro atoms. The highest BCUT2D eigenvalue weighted by atomic mass is 16.6. The molecule has 2 saturated heterocycles. The molecule has 0 N–H and O–H groups in total. The zero-order chi connectivity index (χ0) is 17.2. The molecule has 2 amide bonds. The van der Waals surface area contributed by atoms with Crippen molar-refractivity contribution in [2.75, 3.05) is 39.9 Å². The van der Waals surface area contributed by atoms with E-state index in [1.165, 1.54) is 0 Å². The molecule has 0 saturated carbocycles. The van der Waals surface area contributed by atoms with Crippen LogP contribution >= 0.6 is 0 Å². The number of methoxy groups -OCH3 is 1. The van der Waals surface area contributed by atoms with Gasteiger partial charge in [0.15, 0.2) is 0 Å². The van der Waals surface area contributed by atoms with E-state index in [4.69, 9.17) is 4.74 Å². The number of hydrogen-bond acceptors (Lipinski definition) is 6. The normalized spacial score (nSPS) is 24.2. The van der Waals surface area contributed by atoms with Gasteiger partial charge in [-0.2, -0.15) is 0 Å². The lowest BCUT2D eigenvalue weighted by Gasteiger charge is -2.39. The minimum atomic E-state index is -0.418. The average Bonchev–Trinajstić information content (AvgIpc) is 3.17. The van der Waals surface area contributed by atoms with Gasteiger partial charge in [0.05, 0.1) is 18.4 Å². The average molecular weight is 336 g/mol. The first-order valence-corrected chi connectivity index (χ1v) is 8.40. The monoisotopic (exact) mass is 336 g/mol. The van der Waals surface area contributed by atoms with Gasteiger partial charge in [-0.05, 0) is 26.2 Å². The molecule has 132 valence electrons. The second kappa shape index (κ2) is 6.88. The van der Waals surface area contributed by atoms with E-state index in [2.05, 4.69) is 14.9 Å². The largest absolute Gasteiger partial charge is 0.383 e. The summed E-state index contributed by atoms with van der Waals surface area (Å²) in [6, 6.07) is 0. The molecule has 8 heteroatoms. The highest BCUT2D eigenvalue weighted by Gasteiger charge is 2.49. The van der Waals surface area contributed by atoms with Gasteiger partial charge in [0.2, 0.25) is 11.8 Å². The Morgan fingerprint density at radius 3 is 2.88 bits per heavy atom. The molecule has 0 bridgehead atoms. The number of aryl methyl sites for hydroxylation is 1. The van der Waals surface area contributed by atoms with Crippen LogP contribution in [-0.2, 0) is 20.7 Å². The lowest BCUT2D eigenvalue weighted by atomic mass is 9.78. The Balaban J connectivity index is 1.64. The highest BCUT2D eigenvalue weighted by molar-refractivity contribution is 5.86. The molecule has 3 heterocycles. The van der Waals surface area contributed by atoms with Crippen LogP contribution < -0.4 is 0 Å². The number of hydrogen-bond donors (Lipinski definition) is 0. The summed E-state index contributed by atoms with van der Waals surface area (Å²) in [5.74, 6) is 0.146. The van der Waals surface area contributed by atoms with E-state index in [-0.39, 0.29) is 18.2 Å². The lowest BCUT2D eigenvalue weighted by molar-refractivity contribution is -0.146. The van der Waals surface area contributed by atoms with Gasteiger partial charge in [-0.3, -0.25) is 9.59 Å². The summed E-state index contributed by atoms with van der Waals surface area (Å²) in [6.45, 7) is 4.83. The molecule has 1 atom stereocenters. The molecule has 2 fully saturated rings. The zero-order valence-electron chi connectivity index (χ0n) is 14.3. The third kappa shape index (κ3) is 3.15. The number of nitrogens with zero attached hydrogens (tertiary/aromatic N) is 4. The van der Waals surface area contributed by atoms with Gasteiger partial charge < -0.3 is 14.5 Å². The molecule has 24 heavy (non-hydrogen) atoms. The van der Waals surface area contributed by atoms with E-state index >= 15 is 0 Å². The highest BCUT2D eigenvalue weighted by Crippen LogP contribution is 2.40. The Bertz CT molecular complexity index is 617. The number of likely N-dealkylation sites (tertiary alicyclic amines) is 2. The van der Waals surface area contributed by atoms with Gasteiger partial charge in [0.25, 0.3) is 0 Å². The molecule has 0 aliphatic carbocycles. The Kier molecular flexibility index (Phi) is 4.84. The lowest BCUT2D eigenvalue weighted by Crippen LogP contribution is -2.51. The molecule has 8 nitrogen and oxygen atoms in total. The van der Waals surface area contributed by atoms with Crippen molar-refractivity contribution in [1.82, 2.24) is 20.1 Å². The second-order valence-corrected chi connectivity index (χ2v) is 6.71. The van der Waals surface area contributed by atoms with E-state index in [9.17, 15) is 9.59 Å². The first-order chi connectivity index (χ1) is 11.6. The predicted molar refractivity (Wildman–Crippen MR) is 84.1 cm³/mol.